The van der Waals surface area contributed by atoms with Crippen molar-refractivity contribution in [3.8, 4) is 5.75 Å². The molecule has 4 rings (SSSR count). The second-order valence-electron chi connectivity index (χ2n) is 8.05. The van der Waals surface area contributed by atoms with E-state index in [4.69, 9.17) is 14.2 Å². The number of hydrogen-bond donors (Lipinski definition) is 0. The lowest BCUT2D eigenvalue weighted by atomic mass is 9.87. The Kier molecular flexibility index (Phi) is 4.98. The van der Waals surface area contributed by atoms with E-state index in [-0.39, 0.29) is 11.3 Å². The summed E-state index contributed by atoms with van der Waals surface area (Å²) in [4.78, 5) is 14.8. The van der Waals surface area contributed by atoms with Gasteiger partial charge in [-0.3, -0.25) is 4.79 Å². The van der Waals surface area contributed by atoms with Crippen LogP contribution in [0, 0.1) is 0 Å². The van der Waals surface area contributed by atoms with Crippen LogP contribution in [0.4, 0.5) is 5.69 Å². The molecule has 1 saturated heterocycles. The maximum absolute atomic E-state index is 13.1. The largest absolute Gasteiger partial charge is 0.492 e. The van der Waals surface area contributed by atoms with Gasteiger partial charge in [0, 0.05) is 10.0 Å². The molecule has 28 heavy (non-hydrogen) atoms. The third-order valence-corrected chi connectivity index (χ3v) is 5.62. The highest BCUT2D eigenvalue weighted by atomic mass is 79.9. The predicted molar refractivity (Wildman–Crippen MR) is 111 cm³/mol. The summed E-state index contributed by atoms with van der Waals surface area (Å²) in [6, 6.07) is 13.8. The van der Waals surface area contributed by atoms with E-state index in [2.05, 4.69) is 48.8 Å². The summed E-state index contributed by atoms with van der Waals surface area (Å²) < 4.78 is 18.3. The van der Waals surface area contributed by atoms with E-state index >= 15 is 0 Å². The second kappa shape index (κ2) is 7.17. The standard InChI is InChI=1S/C22H24BrNO4/c1-21(2,3)15-4-7-17(8-5-15)26-11-10-24-19-9-6-16(23)14-18(19)22(20(24)25)27-12-13-28-22/h4-9,14H,10-13H2,1-3H3. The summed E-state index contributed by atoms with van der Waals surface area (Å²) >= 11 is 3.47. The molecule has 1 spiro atoms. The highest BCUT2D eigenvalue weighted by molar-refractivity contribution is 9.10. The van der Waals surface area contributed by atoms with Crippen LogP contribution in [0.15, 0.2) is 46.9 Å². The van der Waals surface area contributed by atoms with Crippen molar-refractivity contribution in [2.75, 3.05) is 31.3 Å². The highest BCUT2D eigenvalue weighted by Gasteiger charge is 2.56. The van der Waals surface area contributed by atoms with Crippen LogP contribution in [-0.2, 0) is 25.5 Å². The zero-order chi connectivity index (χ0) is 19.9. The lowest BCUT2D eigenvalue weighted by Gasteiger charge is -2.22. The fraction of sp³-hybridized carbons (Fsp3) is 0.409. The summed E-state index contributed by atoms with van der Waals surface area (Å²) in [5, 5.41) is 0. The summed E-state index contributed by atoms with van der Waals surface area (Å²) in [6.07, 6.45) is 0. The van der Waals surface area contributed by atoms with Crippen molar-refractivity contribution in [1.29, 1.82) is 0 Å². The lowest BCUT2D eigenvalue weighted by molar-refractivity contribution is -0.180. The number of benzene rings is 2. The van der Waals surface area contributed by atoms with Crippen molar-refractivity contribution < 1.29 is 19.0 Å². The maximum atomic E-state index is 13.1. The molecule has 5 nitrogen and oxygen atoms in total. The molecule has 2 aromatic carbocycles. The van der Waals surface area contributed by atoms with Crippen LogP contribution in [0.25, 0.3) is 0 Å². The Balaban J connectivity index is 1.48. The van der Waals surface area contributed by atoms with Crippen LogP contribution >= 0.6 is 15.9 Å². The van der Waals surface area contributed by atoms with Crippen molar-refractivity contribution in [3.63, 3.8) is 0 Å². The average molecular weight is 446 g/mol. The number of carbonyl (C=O) groups is 1. The number of nitrogens with zero attached hydrogens (tertiary/aromatic N) is 1. The fourth-order valence-corrected chi connectivity index (χ4v) is 3.99. The quantitative estimate of drug-likeness (QED) is 0.700. The van der Waals surface area contributed by atoms with Gasteiger partial charge in [0.1, 0.15) is 12.4 Å². The number of halogens is 1. The van der Waals surface area contributed by atoms with Crippen molar-refractivity contribution >= 4 is 27.5 Å². The second-order valence-corrected chi connectivity index (χ2v) is 8.97. The number of hydrogen-bond acceptors (Lipinski definition) is 4. The summed E-state index contributed by atoms with van der Waals surface area (Å²) in [6.45, 7) is 8.15. The Labute approximate surface area is 173 Å². The number of fused-ring (bicyclic) bond motifs is 2. The SMILES string of the molecule is CC(C)(C)c1ccc(OCCN2C(=O)C3(OCCO3)c3cc(Br)ccc32)cc1. The molecule has 1 fully saturated rings. The number of carbonyl (C=O) groups excluding carboxylic acids is 1. The predicted octanol–water partition coefficient (Wildman–Crippen LogP) is 4.37. The molecule has 6 heteroatoms. The first-order chi connectivity index (χ1) is 13.3. The molecular weight excluding hydrogens is 422 g/mol. The molecule has 0 radical (unpaired) electrons. The number of ether oxygens (including phenoxy) is 3. The third kappa shape index (κ3) is 3.34. The smallest absolute Gasteiger partial charge is 0.292 e. The monoisotopic (exact) mass is 445 g/mol. The van der Waals surface area contributed by atoms with E-state index in [9.17, 15) is 4.79 Å². The first-order valence-electron chi connectivity index (χ1n) is 9.44. The average Bonchev–Trinajstić information content (AvgIpc) is 3.23. The topological polar surface area (TPSA) is 48.0 Å². The van der Waals surface area contributed by atoms with Crippen LogP contribution < -0.4 is 9.64 Å². The van der Waals surface area contributed by atoms with Crippen LogP contribution in [0.1, 0.15) is 31.9 Å². The number of amides is 1. The minimum atomic E-state index is -1.31. The molecule has 0 N–H and O–H groups in total. The summed E-state index contributed by atoms with van der Waals surface area (Å²) in [5.74, 6) is -0.712. The van der Waals surface area contributed by atoms with Crippen molar-refractivity contribution in [2.45, 2.75) is 32.0 Å². The van der Waals surface area contributed by atoms with Crippen molar-refractivity contribution in [3.05, 3.63) is 58.1 Å². The molecule has 1 amide bonds. The Hall–Kier alpha value is -1.89. The molecule has 0 saturated carbocycles. The minimum Gasteiger partial charge on any atom is -0.492 e. The molecule has 0 aromatic heterocycles. The molecule has 2 aliphatic heterocycles. The van der Waals surface area contributed by atoms with Gasteiger partial charge in [0.15, 0.2) is 0 Å². The van der Waals surface area contributed by atoms with Crippen LogP contribution in [-0.4, -0.2) is 32.3 Å². The van der Waals surface area contributed by atoms with Crippen LogP contribution in [0.2, 0.25) is 0 Å². The van der Waals surface area contributed by atoms with Gasteiger partial charge < -0.3 is 19.1 Å². The van der Waals surface area contributed by atoms with Crippen LogP contribution in [0.3, 0.4) is 0 Å². The number of rotatable bonds is 4. The van der Waals surface area contributed by atoms with Gasteiger partial charge in [-0.1, -0.05) is 48.8 Å². The lowest BCUT2D eigenvalue weighted by Crippen LogP contribution is -2.42. The Morgan fingerprint density at radius 3 is 2.43 bits per heavy atom. The molecule has 2 aromatic rings. The molecule has 0 unspecified atom stereocenters. The zero-order valence-corrected chi connectivity index (χ0v) is 17.9. The molecule has 2 heterocycles. The molecule has 0 bridgehead atoms. The van der Waals surface area contributed by atoms with Crippen molar-refractivity contribution in [1.82, 2.24) is 0 Å². The normalized spacial score (nSPS) is 18.0. The fourth-order valence-electron chi connectivity index (χ4n) is 3.63. The van der Waals surface area contributed by atoms with Crippen LogP contribution in [0.5, 0.6) is 5.75 Å². The van der Waals surface area contributed by atoms with E-state index in [1.807, 2.05) is 30.3 Å². The van der Waals surface area contributed by atoms with E-state index in [1.54, 1.807) is 4.90 Å². The molecule has 0 atom stereocenters. The van der Waals surface area contributed by atoms with Gasteiger partial charge in [-0.05, 0) is 41.3 Å². The third-order valence-electron chi connectivity index (χ3n) is 5.13. The van der Waals surface area contributed by atoms with Gasteiger partial charge >= 0.3 is 0 Å². The zero-order valence-electron chi connectivity index (χ0n) is 16.3. The van der Waals surface area contributed by atoms with Gasteiger partial charge in [-0.25, -0.2) is 0 Å². The van der Waals surface area contributed by atoms with E-state index < -0.39 is 5.79 Å². The van der Waals surface area contributed by atoms with Gasteiger partial charge in [-0.15, -0.1) is 0 Å². The highest BCUT2D eigenvalue weighted by Crippen LogP contribution is 2.46. The Morgan fingerprint density at radius 2 is 1.79 bits per heavy atom. The minimum absolute atomic E-state index is 0.105. The molecular formula is C22H24BrNO4. The Bertz CT molecular complexity index is 882. The number of anilines is 1. The summed E-state index contributed by atoms with van der Waals surface area (Å²) in [7, 11) is 0. The van der Waals surface area contributed by atoms with Gasteiger partial charge in [0.25, 0.3) is 11.7 Å². The van der Waals surface area contributed by atoms with Crippen molar-refractivity contribution in [2.24, 2.45) is 0 Å². The maximum Gasteiger partial charge on any atom is 0.292 e. The molecule has 0 aliphatic carbocycles. The van der Waals surface area contributed by atoms with E-state index in [1.165, 1.54) is 5.56 Å². The van der Waals surface area contributed by atoms with Gasteiger partial charge in [-0.2, -0.15) is 0 Å². The van der Waals surface area contributed by atoms with Gasteiger partial charge in [0.2, 0.25) is 0 Å². The molecule has 2 aliphatic rings. The molecule has 148 valence electrons. The van der Waals surface area contributed by atoms with E-state index in [0.29, 0.717) is 26.4 Å². The first-order valence-corrected chi connectivity index (χ1v) is 10.2. The first kappa shape index (κ1) is 19.4. The van der Waals surface area contributed by atoms with E-state index in [0.717, 1.165) is 21.5 Å². The summed E-state index contributed by atoms with van der Waals surface area (Å²) in [5.41, 5.74) is 2.92. The Morgan fingerprint density at radius 1 is 1.11 bits per heavy atom. The van der Waals surface area contributed by atoms with Gasteiger partial charge in [0.05, 0.1) is 25.4 Å².